The third-order valence-electron chi connectivity index (χ3n) is 3.77. The van der Waals surface area contributed by atoms with E-state index in [0.29, 0.717) is 17.9 Å². The molecule has 0 saturated heterocycles. The summed E-state index contributed by atoms with van der Waals surface area (Å²) >= 11 is 0. The fraction of sp³-hybridized carbons (Fsp3) is 0.150. The number of hydrogen-bond donors (Lipinski definition) is 0. The first-order valence-electron chi connectivity index (χ1n) is 7.60. The molecule has 3 rings (SSSR count). The van der Waals surface area contributed by atoms with Crippen LogP contribution in [0.25, 0.3) is 17.0 Å². The molecule has 0 bridgehead atoms. The van der Waals surface area contributed by atoms with E-state index in [1.165, 1.54) is 0 Å². The van der Waals surface area contributed by atoms with Crippen molar-refractivity contribution < 1.29 is 9.15 Å². The average Bonchev–Trinajstić information content (AvgIpc) is 2.59. The van der Waals surface area contributed by atoms with Crippen molar-refractivity contribution >= 4 is 17.0 Å². The monoisotopic (exact) mass is 306 g/mol. The minimum Gasteiger partial charge on any atom is -0.489 e. The summed E-state index contributed by atoms with van der Waals surface area (Å²) in [4.78, 5) is 11.6. The predicted octanol–water partition coefficient (Wildman–Crippen LogP) is 4.58. The normalized spacial score (nSPS) is 10.7. The molecule has 1 heterocycles. The maximum atomic E-state index is 11.6. The Morgan fingerprint density at radius 3 is 2.83 bits per heavy atom. The van der Waals surface area contributed by atoms with Crippen LogP contribution in [-0.2, 0) is 13.0 Å². The highest BCUT2D eigenvalue weighted by Crippen LogP contribution is 2.23. The van der Waals surface area contributed by atoms with Gasteiger partial charge in [-0.05, 0) is 41.3 Å². The van der Waals surface area contributed by atoms with Crippen LogP contribution in [0.4, 0.5) is 0 Å². The van der Waals surface area contributed by atoms with Crippen LogP contribution < -0.4 is 10.4 Å². The Hall–Kier alpha value is -2.81. The Balaban J connectivity index is 1.86. The number of ether oxygens (including phenoxy) is 1. The van der Waals surface area contributed by atoms with E-state index in [1.54, 1.807) is 18.2 Å². The van der Waals surface area contributed by atoms with Gasteiger partial charge in [0.1, 0.15) is 17.9 Å². The molecule has 3 aromatic rings. The molecular formula is C20H18O3. The van der Waals surface area contributed by atoms with Crippen molar-refractivity contribution in [1.82, 2.24) is 0 Å². The van der Waals surface area contributed by atoms with Crippen LogP contribution in [0.2, 0.25) is 0 Å². The second-order valence-electron chi connectivity index (χ2n) is 5.34. The van der Waals surface area contributed by atoms with Gasteiger partial charge in [-0.2, -0.15) is 0 Å². The van der Waals surface area contributed by atoms with Gasteiger partial charge in [-0.25, -0.2) is 4.79 Å². The van der Waals surface area contributed by atoms with Crippen molar-refractivity contribution in [2.75, 3.05) is 0 Å². The van der Waals surface area contributed by atoms with Crippen molar-refractivity contribution in [3.63, 3.8) is 0 Å². The van der Waals surface area contributed by atoms with Gasteiger partial charge in [0.05, 0.1) is 0 Å². The lowest BCUT2D eigenvalue weighted by molar-refractivity contribution is 0.306. The van der Waals surface area contributed by atoms with Gasteiger partial charge in [-0.1, -0.05) is 37.8 Å². The number of benzene rings is 2. The fourth-order valence-corrected chi connectivity index (χ4v) is 2.57. The second-order valence-corrected chi connectivity index (χ2v) is 5.34. The van der Waals surface area contributed by atoms with E-state index in [2.05, 4.69) is 6.58 Å². The van der Waals surface area contributed by atoms with Gasteiger partial charge >= 0.3 is 5.63 Å². The molecule has 0 unspecified atom stereocenters. The molecule has 0 aliphatic carbocycles. The van der Waals surface area contributed by atoms with E-state index in [-0.39, 0.29) is 5.63 Å². The zero-order valence-electron chi connectivity index (χ0n) is 13.0. The van der Waals surface area contributed by atoms with Gasteiger partial charge in [0.15, 0.2) is 0 Å². The first-order valence-corrected chi connectivity index (χ1v) is 7.60. The number of hydrogen-bond acceptors (Lipinski definition) is 3. The molecule has 3 nitrogen and oxygen atoms in total. The first kappa shape index (κ1) is 15.1. The SMILES string of the molecule is C=Cc1cccc(COc2ccc3c(CC)cc(=O)oc3c2)c1. The Kier molecular flexibility index (Phi) is 4.29. The molecule has 1 aromatic heterocycles. The van der Waals surface area contributed by atoms with Crippen LogP contribution in [-0.4, -0.2) is 0 Å². The van der Waals surface area contributed by atoms with Gasteiger partial charge in [0, 0.05) is 17.5 Å². The topological polar surface area (TPSA) is 39.4 Å². The van der Waals surface area contributed by atoms with Crippen molar-refractivity contribution in [2.45, 2.75) is 20.0 Å². The summed E-state index contributed by atoms with van der Waals surface area (Å²) < 4.78 is 11.1. The van der Waals surface area contributed by atoms with E-state index < -0.39 is 0 Å². The van der Waals surface area contributed by atoms with Crippen molar-refractivity contribution in [1.29, 1.82) is 0 Å². The second kappa shape index (κ2) is 6.53. The molecule has 0 aliphatic rings. The summed E-state index contributed by atoms with van der Waals surface area (Å²) in [6.07, 6.45) is 2.59. The molecule has 0 spiro atoms. The zero-order chi connectivity index (χ0) is 16.2. The molecular weight excluding hydrogens is 288 g/mol. The van der Waals surface area contributed by atoms with Crippen LogP contribution in [0.5, 0.6) is 5.75 Å². The van der Waals surface area contributed by atoms with Crippen molar-refractivity contribution in [2.24, 2.45) is 0 Å². The van der Waals surface area contributed by atoms with E-state index in [4.69, 9.17) is 9.15 Å². The molecule has 0 N–H and O–H groups in total. The maximum Gasteiger partial charge on any atom is 0.336 e. The number of fused-ring (bicyclic) bond motifs is 1. The molecule has 23 heavy (non-hydrogen) atoms. The largest absolute Gasteiger partial charge is 0.489 e. The lowest BCUT2D eigenvalue weighted by atomic mass is 10.1. The predicted molar refractivity (Wildman–Crippen MR) is 92.7 cm³/mol. The summed E-state index contributed by atoms with van der Waals surface area (Å²) in [6.45, 7) is 6.23. The maximum absolute atomic E-state index is 11.6. The third-order valence-corrected chi connectivity index (χ3v) is 3.77. The molecule has 0 radical (unpaired) electrons. The van der Waals surface area contributed by atoms with Crippen LogP contribution in [0.15, 0.2) is 64.3 Å². The standard InChI is InChI=1S/C20H18O3/c1-3-14-6-5-7-15(10-14)13-22-17-8-9-18-16(4-2)11-20(21)23-19(18)12-17/h3,5-12H,1,4,13H2,2H3. The highest BCUT2D eigenvalue weighted by molar-refractivity contribution is 5.81. The number of rotatable bonds is 5. The Morgan fingerprint density at radius 2 is 2.04 bits per heavy atom. The molecule has 3 heteroatoms. The highest BCUT2D eigenvalue weighted by Gasteiger charge is 2.06. The summed E-state index contributed by atoms with van der Waals surface area (Å²) in [7, 11) is 0. The lowest BCUT2D eigenvalue weighted by Crippen LogP contribution is -2.00. The minimum atomic E-state index is -0.329. The van der Waals surface area contributed by atoms with E-state index in [1.807, 2.05) is 43.3 Å². The highest BCUT2D eigenvalue weighted by atomic mass is 16.5. The Morgan fingerprint density at radius 1 is 1.17 bits per heavy atom. The van der Waals surface area contributed by atoms with Crippen LogP contribution in [0, 0.1) is 0 Å². The molecule has 2 aromatic carbocycles. The summed E-state index contributed by atoms with van der Waals surface area (Å²) in [5.41, 5.74) is 3.34. The van der Waals surface area contributed by atoms with E-state index >= 15 is 0 Å². The van der Waals surface area contributed by atoms with Gasteiger partial charge in [0.2, 0.25) is 0 Å². The van der Waals surface area contributed by atoms with Gasteiger partial charge in [-0.3, -0.25) is 0 Å². The van der Waals surface area contributed by atoms with Gasteiger partial charge in [0.25, 0.3) is 0 Å². The Bertz CT molecular complexity index is 906. The summed E-state index contributed by atoms with van der Waals surface area (Å²) in [6, 6.07) is 15.2. The molecule has 0 saturated carbocycles. The third kappa shape index (κ3) is 3.34. The van der Waals surface area contributed by atoms with Gasteiger partial charge in [-0.15, -0.1) is 0 Å². The fourth-order valence-electron chi connectivity index (χ4n) is 2.57. The molecule has 0 amide bonds. The van der Waals surface area contributed by atoms with Crippen LogP contribution >= 0.6 is 0 Å². The molecule has 0 aliphatic heterocycles. The summed E-state index contributed by atoms with van der Waals surface area (Å²) in [5, 5.41) is 0.952. The van der Waals surface area contributed by atoms with E-state index in [9.17, 15) is 4.79 Å². The molecule has 0 fully saturated rings. The summed E-state index contributed by atoms with van der Waals surface area (Å²) in [5.74, 6) is 0.679. The van der Waals surface area contributed by atoms with Gasteiger partial charge < -0.3 is 9.15 Å². The van der Waals surface area contributed by atoms with Crippen LogP contribution in [0.3, 0.4) is 0 Å². The van der Waals surface area contributed by atoms with Crippen molar-refractivity contribution in [3.05, 3.63) is 82.2 Å². The first-order chi connectivity index (χ1) is 11.2. The minimum absolute atomic E-state index is 0.329. The molecule has 0 atom stereocenters. The zero-order valence-corrected chi connectivity index (χ0v) is 13.0. The quantitative estimate of drug-likeness (QED) is 0.648. The Labute approximate surface area is 134 Å². The smallest absolute Gasteiger partial charge is 0.336 e. The molecule has 116 valence electrons. The number of aryl methyl sites for hydroxylation is 1. The van der Waals surface area contributed by atoms with Crippen molar-refractivity contribution in [3.8, 4) is 5.75 Å². The van der Waals surface area contributed by atoms with E-state index in [0.717, 1.165) is 28.5 Å². The average molecular weight is 306 g/mol. The lowest BCUT2D eigenvalue weighted by Gasteiger charge is -2.09. The van der Waals surface area contributed by atoms with Crippen LogP contribution in [0.1, 0.15) is 23.6 Å².